The molecule has 7 heteroatoms. The van der Waals surface area contributed by atoms with E-state index in [4.69, 9.17) is 0 Å². The van der Waals surface area contributed by atoms with Gasteiger partial charge in [-0.05, 0) is 36.6 Å². The van der Waals surface area contributed by atoms with Gasteiger partial charge in [-0.25, -0.2) is 0 Å². The second-order valence-corrected chi connectivity index (χ2v) is 7.43. The van der Waals surface area contributed by atoms with Gasteiger partial charge in [0.2, 0.25) is 0 Å². The molecule has 0 saturated carbocycles. The van der Waals surface area contributed by atoms with Crippen LogP contribution >= 0.6 is 0 Å². The van der Waals surface area contributed by atoms with Crippen molar-refractivity contribution in [2.45, 2.75) is 26.9 Å². The Labute approximate surface area is 167 Å². The van der Waals surface area contributed by atoms with Crippen molar-refractivity contribution in [2.75, 3.05) is 11.9 Å². The van der Waals surface area contributed by atoms with Gasteiger partial charge in [0.1, 0.15) is 5.70 Å². The number of benzene rings is 2. The highest BCUT2D eigenvalue weighted by Gasteiger charge is 2.39. The van der Waals surface area contributed by atoms with Crippen LogP contribution < -0.4 is 5.32 Å². The number of amides is 2. The summed E-state index contributed by atoms with van der Waals surface area (Å²) in [7, 11) is 0. The van der Waals surface area contributed by atoms with Crippen LogP contribution in [-0.2, 0) is 15.8 Å². The molecule has 152 valence electrons. The summed E-state index contributed by atoms with van der Waals surface area (Å²) < 4.78 is 39.1. The summed E-state index contributed by atoms with van der Waals surface area (Å²) in [4.78, 5) is 27.1. The Kier molecular flexibility index (Phi) is 5.50. The molecule has 1 aliphatic heterocycles. The molecule has 29 heavy (non-hydrogen) atoms. The third-order valence-corrected chi connectivity index (χ3v) is 4.52. The first-order valence-corrected chi connectivity index (χ1v) is 9.19. The lowest BCUT2D eigenvalue weighted by molar-refractivity contribution is -0.138. The zero-order valence-electron chi connectivity index (χ0n) is 16.3. The zero-order valence-corrected chi connectivity index (χ0v) is 16.3. The van der Waals surface area contributed by atoms with E-state index in [0.717, 1.165) is 22.6 Å². The molecule has 0 spiro atoms. The standard InChI is InChI=1S/C22H21F3N2O2/c1-13(2)12-27-20(28)18(15-9-7-14(3)8-10-15)19(21(27)29)26-17-6-4-5-16(11-17)22(23,24)25/h4-11,13,26H,12H2,1-3H3. The maximum atomic E-state index is 13.0. The lowest BCUT2D eigenvalue weighted by atomic mass is 10.0. The van der Waals surface area contributed by atoms with Gasteiger partial charge in [0.05, 0.1) is 11.1 Å². The maximum Gasteiger partial charge on any atom is 0.416 e. The van der Waals surface area contributed by atoms with E-state index in [1.165, 1.54) is 12.1 Å². The lowest BCUT2D eigenvalue weighted by Gasteiger charge is -2.17. The minimum Gasteiger partial charge on any atom is -0.350 e. The maximum absolute atomic E-state index is 13.0. The molecule has 0 aliphatic carbocycles. The van der Waals surface area contributed by atoms with Gasteiger partial charge in [0.25, 0.3) is 11.8 Å². The predicted molar refractivity (Wildman–Crippen MR) is 105 cm³/mol. The Hall–Kier alpha value is -3.09. The van der Waals surface area contributed by atoms with E-state index in [9.17, 15) is 22.8 Å². The zero-order chi connectivity index (χ0) is 21.3. The first-order valence-electron chi connectivity index (χ1n) is 9.19. The van der Waals surface area contributed by atoms with Crippen LogP contribution in [0.2, 0.25) is 0 Å². The number of anilines is 1. The first-order chi connectivity index (χ1) is 13.6. The van der Waals surface area contributed by atoms with Gasteiger partial charge in [0, 0.05) is 12.2 Å². The summed E-state index contributed by atoms with van der Waals surface area (Å²) in [5.74, 6) is -0.950. The van der Waals surface area contributed by atoms with Crippen molar-refractivity contribution >= 4 is 23.1 Å². The van der Waals surface area contributed by atoms with Crippen LogP contribution in [0, 0.1) is 12.8 Å². The fourth-order valence-electron chi connectivity index (χ4n) is 3.13. The second-order valence-electron chi connectivity index (χ2n) is 7.43. The fraction of sp³-hybridized carbons (Fsp3) is 0.273. The Morgan fingerprint density at radius 3 is 2.24 bits per heavy atom. The number of rotatable bonds is 5. The van der Waals surface area contributed by atoms with Crippen LogP contribution in [0.4, 0.5) is 18.9 Å². The van der Waals surface area contributed by atoms with Crippen molar-refractivity contribution in [2.24, 2.45) is 5.92 Å². The molecule has 0 atom stereocenters. The quantitative estimate of drug-likeness (QED) is 0.727. The van der Waals surface area contributed by atoms with E-state index < -0.39 is 23.6 Å². The number of hydrogen-bond donors (Lipinski definition) is 1. The number of aryl methyl sites for hydroxylation is 1. The smallest absolute Gasteiger partial charge is 0.350 e. The summed E-state index contributed by atoms with van der Waals surface area (Å²) in [6, 6.07) is 11.6. The highest BCUT2D eigenvalue weighted by atomic mass is 19.4. The number of alkyl halides is 3. The molecule has 2 aromatic rings. The van der Waals surface area contributed by atoms with Crippen molar-refractivity contribution in [3.05, 3.63) is 70.9 Å². The number of nitrogens with one attached hydrogen (secondary N) is 1. The second kappa shape index (κ2) is 7.73. The minimum atomic E-state index is -4.51. The molecule has 3 rings (SSSR count). The highest BCUT2D eigenvalue weighted by Crippen LogP contribution is 2.34. The molecule has 0 fully saturated rings. The predicted octanol–water partition coefficient (Wildman–Crippen LogP) is 4.86. The summed E-state index contributed by atoms with van der Waals surface area (Å²) in [5, 5.41) is 2.77. The van der Waals surface area contributed by atoms with Gasteiger partial charge in [-0.3, -0.25) is 14.5 Å². The van der Waals surface area contributed by atoms with E-state index in [0.29, 0.717) is 5.56 Å². The molecule has 0 saturated heterocycles. The van der Waals surface area contributed by atoms with E-state index >= 15 is 0 Å². The van der Waals surface area contributed by atoms with Crippen LogP contribution in [0.15, 0.2) is 54.2 Å². The van der Waals surface area contributed by atoms with E-state index in [-0.39, 0.29) is 29.4 Å². The number of halogens is 3. The van der Waals surface area contributed by atoms with E-state index in [1.54, 1.807) is 12.1 Å². The minimum absolute atomic E-state index is 0.0150. The molecule has 2 aromatic carbocycles. The molecule has 0 bridgehead atoms. The van der Waals surface area contributed by atoms with E-state index in [2.05, 4.69) is 5.32 Å². The van der Waals surface area contributed by atoms with Crippen molar-refractivity contribution in [3.8, 4) is 0 Å². The molecule has 4 nitrogen and oxygen atoms in total. The number of imide groups is 1. The van der Waals surface area contributed by atoms with Crippen molar-refractivity contribution < 1.29 is 22.8 Å². The van der Waals surface area contributed by atoms with Crippen LogP contribution in [0.5, 0.6) is 0 Å². The Balaban J connectivity index is 2.06. The Morgan fingerprint density at radius 2 is 1.66 bits per heavy atom. The summed E-state index contributed by atoms with van der Waals surface area (Å²) in [5.41, 5.74) is 0.918. The summed E-state index contributed by atoms with van der Waals surface area (Å²) >= 11 is 0. The first kappa shape index (κ1) is 20.6. The number of nitrogens with zero attached hydrogens (tertiary/aromatic N) is 1. The van der Waals surface area contributed by atoms with Crippen molar-refractivity contribution in [1.82, 2.24) is 4.90 Å². The molecule has 0 radical (unpaired) electrons. The van der Waals surface area contributed by atoms with Crippen LogP contribution in [0.25, 0.3) is 5.57 Å². The average molecular weight is 402 g/mol. The molecular formula is C22H21F3N2O2. The molecule has 0 aromatic heterocycles. The van der Waals surface area contributed by atoms with Gasteiger partial charge in [0.15, 0.2) is 0 Å². The molecule has 1 aliphatic rings. The van der Waals surface area contributed by atoms with Gasteiger partial charge >= 0.3 is 6.18 Å². The summed E-state index contributed by atoms with van der Waals surface area (Å²) in [6.45, 7) is 5.88. The molecular weight excluding hydrogens is 381 g/mol. The van der Waals surface area contributed by atoms with Crippen LogP contribution in [-0.4, -0.2) is 23.3 Å². The van der Waals surface area contributed by atoms with Gasteiger partial charge in [-0.1, -0.05) is 49.7 Å². The Morgan fingerprint density at radius 1 is 1.00 bits per heavy atom. The normalized spacial score (nSPS) is 14.9. The molecule has 0 unspecified atom stereocenters. The van der Waals surface area contributed by atoms with Crippen molar-refractivity contribution in [1.29, 1.82) is 0 Å². The average Bonchev–Trinajstić information content (AvgIpc) is 2.86. The largest absolute Gasteiger partial charge is 0.416 e. The molecule has 1 heterocycles. The third-order valence-electron chi connectivity index (χ3n) is 4.52. The number of carbonyl (C=O) groups is 2. The third kappa shape index (κ3) is 4.34. The fourth-order valence-corrected chi connectivity index (χ4v) is 3.13. The van der Waals surface area contributed by atoms with Crippen LogP contribution in [0.3, 0.4) is 0 Å². The van der Waals surface area contributed by atoms with E-state index in [1.807, 2.05) is 32.9 Å². The topological polar surface area (TPSA) is 49.4 Å². The van der Waals surface area contributed by atoms with Crippen LogP contribution in [0.1, 0.15) is 30.5 Å². The number of hydrogen-bond acceptors (Lipinski definition) is 3. The van der Waals surface area contributed by atoms with Gasteiger partial charge in [-0.2, -0.15) is 13.2 Å². The SMILES string of the molecule is Cc1ccc(C2=C(Nc3cccc(C(F)(F)F)c3)C(=O)N(CC(C)C)C2=O)cc1. The highest BCUT2D eigenvalue weighted by molar-refractivity contribution is 6.36. The molecule has 2 amide bonds. The molecule has 1 N–H and O–H groups in total. The monoisotopic (exact) mass is 402 g/mol. The van der Waals surface area contributed by atoms with Crippen molar-refractivity contribution in [3.63, 3.8) is 0 Å². The lowest BCUT2D eigenvalue weighted by Crippen LogP contribution is -2.35. The van der Waals surface area contributed by atoms with Gasteiger partial charge in [-0.15, -0.1) is 0 Å². The number of carbonyl (C=O) groups excluding carboxylic acids is 2. The van der Waals surface area contributed by atoms with Gasteiger partial charge < -0.3 is 5.32 Å². The summed E-state index contributed by atoms with van der Waals surface area (Å²) in [6.07, 6.45) is -4.51. The Bertz CT molecular complexity index is 976.